The third-order valence-corrected chi connectivity index (χ3v) is 6.97. The molecule has 0 saturated carbocycles. The maximum Gasteiger partial charge on any atom is 0.407 e. The first-order valence-electron chi connectivity index (χ1n) is 13.5. The van der Waals surface area contributed by atoms with Crippen molar-refractivity contribution in [3.63, 3.8) is 0 Å². The minimum absolute atomic E-state index is 0.0779. The summed E-state index contributed by atoms with van der Waals surface area (Å²) in [5.41, 5.74) is 5.37. The van der Waals surface area contributed by atoms with Crippen LogP contribution in [0, 0.1) is 23.3 Å². The molecule has 14 heteroatoms. The summed E-state index contributed by atoms with van der Waals surface area (Å²) >= 11 is 0. The maximum absolute atomic E-state index is 13.4. The molecule has 2 saturated heterocycles. The summed E-state index contributed by atoms with van der Waals surface area (Å²) in [5.74, 6) is -3.46. The Balaban J connectivity index is 0.000000239. The van der Waals surface area contributed by atoms with Crippen molar-refractivity contribution in [3.05, 3.63) is 48.1 Å². The van der Waals surface area contributed by atoms with Gasteiger partial charge in [-0.15, -0.1) is 0 Å². The van der Waals surface area contributed by atoms with Gasteiger partial charge in [-0.2, -0.15) is 0 Å². The number of hydrogen-bond acceptors (Lipinski definition) is 7. The SMILES string of the molecule is COCCN1C[C@@H](N)[C@H](n2cc(F)c(F)c2)C1.COCCN1C[C@@H](n2cc(F)c(F)c2)[C@H](NC(=O)OC(C)(C)C)C1. The summed E-state index contributed by atoms with van der Waals surface area (Å²) in [5, 5.41) is 2.81. The molecule has 41 heavy (non-hydrogen) atoms. The highest BCUT2D eigenvalue weighted by Gasteiger charge is 2.36. The zero-order valence-electron chi connectivity index (χ0n) is 24.3. The molecule has 4 rings (SSSR count). The van der Waals surface area contributed by atoms with Crippen molar-refractivity contribution in [2.24, 2.45) is 5.73 Å². The second-order valence-corrected chi connectivity index (χ2v) is 11.4. The molecule has 1 amide bonds. The van der Waals surface area contributed by atoms with Crippen LogP contribution < -0.4 is 11.1 Å². The average Bonchev–Trinajstić information content (AvgIpc) is 3.63. The molecule has 0 aliphatic carbocycles. The van der Waals surface area contributed by atoms with E-state index >= 15 is 0 Å². The summed E-state index contributed by atoms with van der Waals surface area (Å²) in [7, 11) is 3.25. The molecule has 4 heterocycles. The number of carbonyl (C=O) groups excluding carboxylic acids is 1. The van der Waals surface area contributed by atoms with Crippen molar-refractivity contribution in [1.29, 1.82) is 0 Å². The molecule has 0 aromatic carbocycles. The number of nitrogens with two attached hydrogens (primary N) is 1. The Bertz CT molecular complexity index is 1080. The van der Waals surface area contributed by atoms with Gasteiger partial charge in [-0.3, -0.25) is 9.80 Å². The number of carbonyl (C=O) groups is 1. The fraction of sp³-hybridized carbons (Fsp3) is 0.667. The second kappa shape index (κ2) is 14.5. The molecule has 0 spiro atoms. The van der Waals surface area contributed by atoms with Crippen LogP contribution in [0.4, 0.5) is 22.4 Å². The van der Waals surface area contributed by atoms with Gasteiger partial charge in [0.25, 0.3) is 0 Å². The van der Waals surface area contributed by atoms with Crippen LogP contribution in [0.5, 0.6) is 0 Å². The molecule has 0 radical (unpaired) electrons. The summed E-state index contributed by atoms with van der Waals surface area (Å²) < 4.78 is 71.0. The molecule has 2 fully saturated rings. The quantitative estimate of drug-likeness (QED) is 0.434. The van der Waals surface area contributed by atoms with E-state index in [0.717, 1.165) is 25.5 Å². The monoisotopic (exact) mass is 590 g/mol. The largest absolute Gasteiger partial charge is 0.444 e. The lowest BCUT2D eigenvalue weighted by Crippen LogP contribution is -2.43. The smallest absolute Gasteiger partial charge is 0.407 e. The Morgan fingerprint density at radius 3 is 1.73 bits per heavy atom. The van der Waals surface area contributed by atoms with Gasteiger partial charge in [0, 0.05) is 84.3 Å². The standard InChI is InChI=1S/C16H25F2N3O3.C11H17F2N3O/c1-16(2,3)24-15(22)19-13-9-20(5-6-23-4)10-14(13)21-7-11(17)12(18)8-21;1-17-3-2-15-6-10(14)11(7-15)16-4-8(12)9(13)5-16/h7-8,13-14H,5-6,9-10H2,1-4H3,(H,19,22);4-5,10-11H,2-3,6-7,14H2,1H3/t13-,14-;10-,11-/m11/s1. The fourth-order valence-corrected chi connectivity index (χ4v) is 5.01. The number of halogens is 4. The van der Waals surface area contributed by atoms with E-state index in [-0.39, 0.29) is 24.2 Å². The van der Waals surface area contributed by atoms with Crippen LogP contribution in [0.3, 0.4) is 0 Å². The molecular weight excluding hydrogens is 548 g/mol. The number of methoxy groups -OCH3 is 2. The molecule has 232 valence electrons. The van der Waals surface area contributed by atoms with E-state index in [0.29, 0.717) is 39.4 Å². The number of likely N-dealkylation sites (tertiary alicyclic amines) is 2. The van der Waals surface area contributed by atoms with Gasteiger partial charge in [0.2, 0.25) is 0 Å². The third kappa shape index (κ3) is 9.43. The predicted molar refractivity (Wildman–Crippen MR) is 145 cm³/mol. The summed E-state index contributed by atoms with van der Waals surface area (Å²) in [4.78, 5) is 16.3. The van der Waals surface area contributed by atoms with Crippen molar-refractivity contribution in [2.75, 3.05) is 66.7 Å². The van der Waals surface area contributed by atoms with E-state index in [4.69, 9.17) is 19.9 Å². The topological polar surface area (TPSA) is 99.2 Å². The minimum Gasteiger partial charge on any atom is -0.444 e. The van der Waals surface area contributed by atoms with E-state index in [2.05, 4.69) is 15.1 Å². The van der Waals surface area contributed by atoms with Gasteiger partial charge >= 0.3 is 6.09 Å². The average molecular weight is 591 g/mol. The van der Waals surface area contributed by atoms with E-state index < -0.39 is 35.0 Å². The Labute approximate surface area is 238 Å². The Morgan fingerprint density at radius 2 is 1.27 bits per heavy atom. The molecule has 0 bridgehead atoms. The maximum atomic E-state index is 13.4. The minimum atomic E-state index is -0.902. The highest BCUT2D eigenvalue weighted by Crippen LogP contribution is 2.25. The summed E-state index contributed by atoms with van der Waals surface area (Å²) in [6.07, 6.45) is 4.02. The molecule has 10 nitrogen and oxygen atoms in total. The van der Waals surface area contributed by atoms with Crippen molar-refractivity contribution in [2.45, 2.75) is 50.5 Å². The van der Waals surface area contributed by atoms with Crippen molar-refractivity contribution >= 4 is 6.09 Å². The van der Waals surface area contributed by atoms with Gasteiger partial charge in [-0.05, 0) is 20.8 Å². The highest BCUT2D eigenvalue weighted by molar-refractivity contribution is 5.68. The number of amides is 1. The normalized spacial score (nSPS) is 23.5. The van der Waals surface area contributed by atoms with E-state index in [1.807, 2.05) is 0 Å². The van der Waals surface area contributed by atoms with E-state index in [9.17, 15) is 22.4 Å². The lowest BCUT2D eigenvalue weighted by molar-refractivity contribution is 0.0496. The van der Waals surface area contributed by atoms with Crippen LogP contribution >= 0.6 is 0 Å². The number of rotatable bonds is 9. The number of aromatic nitrogens is 2. The van der Waals surface area contributed by atoms with Gasteiger partial charge in [0.1, 0.15) is 5.60 Å². The Hall–Kier alpha value is -2.65. The molecule has 3 N–H and O–H groups in total. The lowest BCUT2D eigenvalue weighted by Gasteiger charge is -2.24. The number of ether oxygens (including phenoxy) is 3. The molecular formula is C27H42F4N6O4. The first-order chi connectivity index (χ1) is 19.3. The first kappa shape index (κ1) is 32.9. The second-order valence-electron chi connectivity index (χ2n) is 11.4. The van der Waals surface area contributed by atoms with Crippen molar-refractivity contribution in [3.8, 4) is 0 Å². The number of nitrogens with zero attached hydrogens (tertiary/aromatic N) is 4. The molecule has 2 aromatic rings. The van der Waals surface area contributed by atoms with Crippen LogP contribution in [0.1, 0.15) is 32.9 Å². The van der Waals surface area contributed by atoms with Gasteiger partial charge in [-0.25, -0.2) is 22.4 Å². The van der Waals surface area contributed by atoms with Crippen LogP contribution in [0.2, 0.25) is 0 Å². The molecule has 2 aliphatic rings. The Kier molecular flexibility index (Phi) is 11.6. The first-order valence-corrected chi connectivity index (χ1v) is 13.5. The molecule has 2 aromatic heterocycles. The molecule has 0 unspecified atom stereocenters. The predicted octanol–water partition coefficient (Wildman–Crippen LogP) is 2.76. The third-order valence-electron chi connectivity index (χ3n) is 6.97. The van der Waals surface area contributed by atoms with Crippen LogP contribution in [-0.4, -0.2) is 109 Å². The zero-order valence-corrected chi connectivity index (χ0v) is 24.3. The van der Waals surface area contributed by atoms with Crippen LogP contribution in [0.15, 0.2) is 24.8 Å². The van der Waals surface area contributed by atoms with Crippen LogP contribution in [-0.2, 0) is 14.2 Å². The molecule has 4 atom stereocenters. The van der Waals surface area contributed by atoms with Gasteiger partial charge in [-0.1, -0.05) is 0 Å². The summed E-state index contributed by atoms with van der Waals surface area (Å²) in [6, 6.07) is -0.791. The molecule has 2 aliphatic heterocycles. The number of alkyl carbamates (subject to hydrolysis) is 1. The van der Waals surface area contributed by atoms with E-state index in [1.165, 1.54) is 21.5 Å². The van der Waals surface area contributed by atoms with E-state index in [1.54, 1.807) is 35.0 Å². The summed E-state index contributed by atoms with van der Waals surface area (Å²) in [6.45, 7) is 10.5. The fourth-order valence-electron chi connectivity index (χ4n) is 5.01. The zero-order chi connectivity index (χ0) is 30.3. The van der Waals surface area contributed by atoms with Gasteiger partial charge < -0.3 is 34.4 Å². The highest BCUT2D eigenvalue weighted by atomic mass is 19.2. The Morgan fingerprint density at radius 1 is 0.829 bits per heavy atom. The van der Waals surface area contributed by atoms with Gasteiger partial charge in [0.15, 0.2) is 23.3 Å². The number of hydrogen-bond donors (Lipinski definition) is 2. The van der Waals surface area contributed by atoms with Crippen LogP contribution in [0.25, 0.3) is 0 Å². The number of nitrogens with one attached hydrogen (secondary N) is 1. The van der Waals surface area contributed by atoms with Crippen molar-refractivity contribution < 1.29 is 36.6 Å². The lowest BCUT2D eigenvalue weighted by atomic mass is 10.1. The van der Waals surface area contributed by atoms with Gasteiger partial charge in [0.05, 0.1) is 31.3 Å². The van der Waals surface area contributed by atoms with Crippen molar-refractivity contribution in [1.82, 2.24) is 24.3 Å².